The normalized spacial score (nSPS) is 21.6. The lowest BCUT2D eigenvalue weighted by atomic mass is 9.87. The fraction of sp³-hybridized carbons (Fsp3) is 1.00. The zero-order chi connectivity index (χ0) is 14.7. The minimum atomic E-state index is -4.02. The molecule has 0 amide bonds. The van der Waals surface area contributed by atoms with E-state index in [0.717, 1.165) is 19.4 Å². The highest BCUT2D eigenvalue weighted by molar-refractivity contribution is 4.79. The van der Waals surface area contributed by atoms with E-state index in [1.807, 2.05) is 0 Å². The van der Waals surface area contributed by atoms with E-state index < -0.39 is 12.1 Å². The van der Waals surface area contributed by atoms with Crippen LogP contribution in [-0.4, -0.2) is 36.8 Å². The van der Waals surface area contributed by atoms with Crippen LogP contribution in [0.25, 0.3) is 0 Å². The van der Waals surface area contributed by atoms with E-state index >= 15 is 0 Å². The number of hydrogen-bond donors (Lipinski definition) is 1. The van der Waals surface area contributed by atoms with Crippen LogP contribution >= 0.6 is 0 Å². The van der Waals surface area contributed by atoms with Gasteiger partial charge in [-0.25, -0.2) is 0 Å². The molecule has 1 aliphatic heterocycles. The topological polar surface area (TPSA) is 29.3 Å². The van der Waals surface area contributed by atoms with Gasteiger partial charge in [-0.1, -0.05) is 20.8 Å². The first-order valence-corrected chi connectivity index (χ1v) is 7.12. The maximum absolute atomic E-state index is 12.5. The van der Waals surface area contributed by atoms with Gasteiger partial charge < -0.3 is 10.6 Å². The molecular weight excluding hydrogens is 253 g/mol. The average molecular weight is 280 g/mol. The summed E-state index contributed by atoms with van der Waals surface area (Å²) in [7, 11) is 0. The van der Waals surface area contributed by atoms with Crippen molar-refractivity contribution in [1.29, 1.82) is 0 Å². The average Bonchev–Trinajstić information content (AvgIpc) is 2.23. The van der Waals surface area contributed by atoms with Crippen LogP contribution in [0, 0.1) is 11.3 Å². The van der Waals surface area contributed by atoms with Gasteiger partial charge in [0.2, 0.25) is 0 Å². The van der Waals surface area contributed by atoms with Crippen LogP contribution in [0.2, 0.25) is 0 Å². The Morgan fingerprint density at radius 3 is 2.11 bits per heavy atom. The smallest absolute Gasteiger partial charge is 0.328 e. The van der Waals surface area contributed by atoms with Crippen molar-refractivity contribution < 1.29 is 13.2 Å². The van der Waals surface area contributed by atoms with Crippen molar-refractivity contribution in [3.8, 4) is 0 Å². The quantitative estimate of drug-likeness (QED) is 0.855. The molecule has 1 fully saturated rings. The Hall–Kier alpha value is -0.290. The molecule has 0 aromatic heterocycles. The number of alkyl halides is 3. The first-order chi connectivity index (χ1) is 8.58. The van der Waals surface area contributed by atoms with E-state index in [2.05, 4.69) is 25.7 Å². The number of rotatable bonds is 4. The van der Waals surface area contributed by atoms with Crippen LogP contribution in [0.3, 0.4) is 0 Å². The van der Waals surface area contributed by atoms with Crippen molar-refractivity contribution in [3.05, 3.63) is 0 Å². The molecule has 19 heavy (non-hydrogen) atoms. The van der Waals surface area contributed by atoms with E-state index in [9.17, 15) is 13.2 Å². The summed E-state index contributed by atoms with van der Waals surface area (Å²) in [6, 6.07) is 0.139. The largest absolute Gasteiger partial charge is 0.391 e. The summed E-state index contributed by atoms with van der Waals surface area (Å²) in [6.45, 7) is 8.38. The predicted molar refractivity (Wildman–Crippen MR) is 71.9 cm³/mol. The van der Waals surface area contributed by atoms with Gasteiger partial charge in [-0.2, -0.15) is 13.2 Å². The van der Waals surface area contributed by atoms with E-state index in [1.165, 1.54) is 0 Å². The Bertz CT molecular complexity index is 263. The fourth-order valence-corrected chi connectivity index (χ4v) is 2.72. The van der Waals surface area contributed by atoms with E-state index in [4.69, 9.17) is 5.73 Å². The van der Waals surface area contributed by atoms with Gasteiger partial charge in [0.1, 0.15) is 0 Å². The van der Waals surface area contributed by atoms with Gasteiger partial charge in [-0.05, 0) is 50.7 Å². The maximum Gasteiger partial charge on any atom is 0.391 e. The molecule has 2 N–H and O–H groups in total. The van der Waals surface area contributed by atoms with Crippen LogP contribution < -0.4 is 5.73 Å². The molecule has 0 radical (unpaired) electrons. The van der Waals surface area contributed by atoms with Crippen LogP contribution in [0.5, 0.6) is 0 Å². The molecule has 114 valence electrons. The molecule has 1 saturated heterocycles. The van der Waals surface area contributed by atoms with Gasteiger partial charge in [-0.15, -0.1) is 0 Å². The van der Waals surface area contributed by atoms with Crippen LogP contribution in [0.4, 0.5) is 13.2 Å². The van der Waals surface area contributed by atoms with Gasteiger partial charge in [0, 0.05) is 6.04 Å². The highest BCUT2D eigenvalue weighted by atomic mass is 19.4. The molecule has 0 aliphatic carbocycles. The Labute approximate surface area is 114 Å². The van der Waals surface area contributed by atoms with Crippen LogP contribution in [-0.2, 0) is 0 Å². The lowest BCUT2D eigenvalue weighted by Crippen LogP contribution is -2.41. The van der Waals surface area contributed by atoms with Crippen molar-refractivity contribution in [3.63, 3.8) is 0 Å². The molecule has 2 nitrogen and oxygen atoms in total. The molecule has 0 bridgehead atoms. The Morgan fingerprint density at radius 1 is 1.16 bits per heavy atom. The second kappa shape index (κ2) is 6.44. The zero-order valence-electron chi connectivity index (χ0n) is 12.3. The van der Waals surface area contributed by atoms with Gasteiger partial charge in [-0.3, -0.25) is 0 Å². The van der Waals surface area contributed by atoms with Crippen molar-refractivity contribution >= 4 is 0 Å². The zero-order valence-corrected chi connectivity index (χ0v) is 12.3. The summed E-state index contributed by atoms with van der Waals surface area (Å²) in [5.74, 6) is -1.10. The summed E-state index contributed by atoms with van der Waals surface area (Å²) >= 11 is 0. The van der Waals surface area contributed by atoms with Gasteiger partial charge in [0.25, 0.3) is 0 Å². The standard InChI is InChI=1S/C14H27F3N2/c1-13(2,3)10-12(18)6-9-19-7-4-11(5-8-19)14(15,16)17/h11-12H,4-10,18H2,1-3H3. The summed E-state index contributed by atoms with van der Waals surface area (Å²) in [6.07, 6.45) is -1.73. The molecule has 1 atom stereocenters. The molecule has 1 rings (SSSR count). The van der Waals surface area contributed by atoms with Gasteiger partial charge in [0.15, 0.2) is 0 Å². The second-order valence-electron chi connectivity index (χ2n) is 6.97. The summed E-state index contributed by atoms with van der Waals surface area (Å²) in [4.78, 5) is 2.12. The summed E-state index contributed by atoms with van der Waals surface area (Å²) in [5.41, 5.74) is 6.28. The third-order valence-electron chi connectivity index (χ3n) is 3.74. The predicted octanol–water partition coefficient (Wildman–Crippen LogP) is 3.41. The highest BCUT2D eigenvalue weighted by Gasteiger charge is 2.40. The highest BCUT2D eigenvalue weighted by Crippen LogP contribution is 2.34. The monoisotopic (exact) mass is 280 g/mol. The lowest BCUT2D eigenvalue weighted by Gasteiger charge is -2.33. The van der Waals surface area contributed by atoms with E-state index in [1.54, 1.807) is 0 Å². The van der Waals surface area contributed by atoms with Gasteiger partial charge >= 0.3 is 6.18 Å². The Morgan fingerprint density at radius 2 is 1.68 bits per heavy atom. The second-order valence-corrected chi connectivity index (χ2v) is 6.97. The Kier molecular flexibility index (Phi) is 5.68. The molecule has 5 heteroatoms. The van der Waals surface area contributed by atoms with E-state index in [-0.39, 0.29) is 24.3 Å². The SMILES string of the molecule is CC(C)(C)CC(N)CCN1CCC(C(F)(F)F)CC1. The molecule has 1 heterocycles. The fourth-order valence-electron chi connectivity index (χ4n) is 2.72. The number of nitrogens with two attached hydrogens (primary N) is 1. The van der Waals surface area contributed by atoms with Crippen molar-refractivity contribution in [2.45, 2.75) is 58.7 Å². The van der Waals surface area contributed by atoms with Crippen molar-refractivity contribution in [1.82, 2.24) is 4.90 Å². The molecule has 1 aliphatic rings. The minimum absolute atomic E-state index is 0.139. The maximum atomic E-state index is 12.5. The number of hydrogen-bond acceptors (Lipinski definition) is 2. The third kappa shape index (κ3) is 6.61. The van der Waals surface area contributed by atoms with Crippen molar-refractivity contribution in [2.24, 2.45) is 17.1 Å². The molecule has 0 saturated carbocycles. The molecule has 1 unspecified atom stereocenters. The van der Waals surface area contributed by atoms with Crippen molar-refractivity contribution in [2.75, 3.05) is 19.6 Å². The summed E-state index contributed by atoms with van der Waals surface area (Å²) < 4.78 is 37.6. The number of piperidine rings is 1. The molecule has 0 aromatic carbocycles. The minimum Gasteiger partial charge on any atom is -0.328 e. The Balaban J connectivity index is 2.23. The number of halogens is 3. The number of likely N-dealkylation sites (tertiary alicyclic amines) is 1. The third-order valence-corrected chi connectivity index (χ3v) is 3.74. The first kappa shape index (κ1) is 16.8. The van der Waals surface area contributed by atoms with Gasteiger partial charge in [0.05, 0.1) is 5.92 Å². The van der Waals surface area contributed by atoms with E-state index in [0.29, 0.717) is 13.1 Å². The summed E-state index contributed by atoms with van der Waals surface area (Å²) in [5, 5.41) is 0. The molecule has 0 spiro atoms. The van der Waals surface area contributed by atoms with Crippen LogP contribution in [0.1, 0.15) is 46.5 Å². The molecule has 0 aromatic rings. The molecular formula is C14H27F3N2. The number of nitrogens with zero attached hydrogens (tertiary/aromatic N) is 1. The lowest BCUT2D eigenvalue weighted by molar-refractivity contribution is -0.185. The first-order valence-electron chi connectivity index (χ1n) is 7.12. The van der Waals surface area contributed by atoms with Crippen LogP contribution in [0.15, 0.2) is 0 Å².